The minimum absolute atomic E-state index is 0.107. The Morgan fingerprint density at radius 1 is 1.06 bits per heavy atom. The summed E-state index contributed by atoms with van der Waals surface area (Å²) < 4.78 is 51.4. The van der Waals surface area contributed by atoms with Gasteiger partial charge in [-0.15, -0.1) is 11.3 Å². The third kappa shape index (κ3) is 6.42. The number of carbonyl (C=O) groups excluding carboxylic acids is 1. The second-order valence-corrected chi connectivity index (χ2v) is 9.93. The van der Waals surface area contributed by atoms with E-state index in [1.165, 1.54) is 23.5 Å². The van der Waals surface area contributed by atoms with Crippen LogP contribution in [0.3, 0.4) is 0 Å². The molecule has 0 atom stereocenters. The lowest BCUT2D eigenvalue weighted by molar-refractivity contribution is -0.155. The van der Waals surface area contributed by atoms with Crippen molar-refractivity contribution in [1.82, 2.24) is 9.55 Å². The molecule has 4 aromatic rings. The first-order valence-corrected chi connectivity index (χ1v) is 11.9. The van der Waals surface area contributed by atoms with Crippen molar-refractivity contribution < 1.29 is 27.4 Å². The Morgan fingerprint density at radius 3 is 2.49 bits per heavy atom. The predicted molar refractivity (Wildman–Crippen MR) is 130 cm³/mol. The first-order valence-electron chi connectivity index (χ1n) is 11.0. The van der Waals surface area contributed by atoms with Gasteiger partial charge in [0.1, 0.15) is 22.9 Å². The number of hydrogen-bond acceptors (Lipinski definition) is 5. The van der Waals surface area contributed by atoms with Gasteiger partial charge in [-0.2, -0.15) is 13.2 Å². The summed E-state index contributed by atoms with van der Waals surface area (Å²) in [4.78, 5) is 16.7. The van der Waals surface area contributed by atoms with Gasteiger partial charge in [0.2, 0.25) is 0 Å². The van der Waals surface area contributed by atoms with Gasteiger partial charge in [-0.05, 0) is 56.5 Å². The quantitative estimate of drug-likeness (QED) is 0.263. The zero-order valence-electron chi connectivity index (χ0n) is 19.6. The maximum Gasteiger partial charge on any atom is 0.416 e. The molecule has 0 N–H and O–H groups in total. The highest BCUT2D eigenvalue weighted by Gasteiger charge is 2.30. The topological polar surface area (TPSA) is 53.4 Å². The molecule has 5 nitrogen and oxygen atoms in total. The number of nitrogens with zero attached hydrogens (tertiary/aromatic N) is 2. The highest BCUT2D eigenvalue weighted by atomic mass is 32.1. The van der Waals surface area contributed by atoms with Gasteiger partial charge in [-0.3, -0.25) is 4.79 Å². The van der Waals surface area contributed by atoms with Crippen LogP contribution in [0.25, 0.3) is 21.5 Å². The summed E-state index contributed by atoms with van der Waals surface area (Å²) in [5.41, 5.74) is 1.09. The average molecular weight is 503 g/mol. The molecular formula is C26H25F3N2O3S. The largest absolute Gasteiger partial charge is 0.493 e. The van der Waals surface area contributed by atoms with E-state index in [-0.39, 0.29) is 12.5 Å². The lowest BCUT2D eigenvalue weighted by atomic mass is 10.1. The number of thiazole rings is 1. The first-order chi connectivity index (χ1) is 16.5. The molecule has 35 heavy (non-hydrogen) atoms. The van der Waals surface area contributed by atoms with Crippen molar-refractivity contribution in [3.8, 4) is 16.3 Å². The molecule has 2 aromatic heterocycles. The zero-order chi connectivity index (χ0) is 25.2. The fourth-order valence-corrected chi connectivity index (χ4v) is 4.39. The third-order valence-corrected chi connectivity index (χ3v) is 6.04. The van der Waals surface area contributed by atoms with Crippen molar-refractivity contribution in [2.45, 2.75) is 45.5 Å². The van der Waals surface area contributed by atoms with Crippen molar-refractivity contribution in [3.05, 3.63) is 71.4 Å². The molecule has 2 aromatic carbocycles. The van der Waals surface area contributed by atoms with Crippen LogP contribution in [0.15, 0.2) is 60.1 Å². The highest BCUT2D eigenvalue weighted by Crippen LogP contribution is 2.32. The average Bonchev–Trinajstić information content (AvgIpc) is 3.39. The van der Waals surface area contributed by atoms with Gasteiger partial charge in [-0.25, -0.2) is 4.98 Å². The number of aromatic nitrogens is 2. The van der Waals surface area contributed by atoms with Crippen LogP contribution in [-0.4, -0.2) is 27.7 Å². The Labute approximate surface area is 205 Å². The van der Waals surface area contributed by atoms with Crippen LogP contribution in [0.1, 0.15) is 32.0 Å². The van der Waals surface area contributed by atoms with Gasteiger partial charge in [0.15, 0.2) is 0 Å². The Bertz CT molecular complexity index is 1320. The Kier molecular flexibility index (Phi) is 6.89. The number of halogens is 3. The normalized spacial score (nSPS) is 12.2. The number of esters is 1. The zero-order valence-corrected chi connectivity index (χ0v) is 20.4. The van der Waals surface area contributed by atoms with Gasteiger partial charge < -0.3 is 14.0 Å². The molecular weight excluding hydrogens is 477 g/mol. The maximum atomic E-state index is 12.8. The van der Waals surface area contributed by atoms with Crippen LogP contribution in [0, 0.1) is 0 Å². The fraction of sp³-hybridized carbons (Fsp3) is 0.308. The molecule has 0 saturated heterocycles. The van der Waals surface area contributed by atoms with Gasteiger partial charge in [-0.1, -0.05) is 12.1 Å². The van der Waals surface area contributed by atoms with Crippen LogP contribution >= 0.6 is 11.3 Å². The van der Waals surface area contributed by atoms with Crippen molar-refractivity contribution in [3.63, 3.8) is 0 Å². The van der Waals surface area contributed by atoms with Gasteiger partial charge in [0, 0.05) is 29.6 Å². The summed E-state index contributed by atoms with van der Waals surface area (Å²) in [6.07, 6.45) is -1.96. The first kappa shape index (κ1) is 24.8. The summed E-state index contributed by atoms with van der Waals surface area (Å²) in [5, 5.41) is 3.53. The van der Waals surface area contributed by atoms with E-state index in [1.54, 1.807) is 0 Å². The Morgan fingerprint density at radius 2 is 1.80 bits per heavy atom. The lowest BCUT2D eigenvalue weighted by Crippen LogP contribution is -2.26. The summed E-state index contributed by atoms with van der Waals surface area (Å²) in [7, 11) is 0. The number of fused-ring (bicyclic) bond motifs is 1. The minimum Gasteiger partial charge on any atom is -0.493 e. The van der Waals surface area contributed by atoms with E-state index in [2.05, 4.69) is 4.98 Å². The van der Waals surface area contributed by atoms with Gasteiger partial charge >= 0.3 is 12.1 Å². The number of hydrogen-bond donors (Lipinski definition) is 0. The molecule has 0 aliphatic carbocycles. The molecule has 0 fully saturated rings. The van der Waals surface area contributed by atoms with E-state index >= 15 is 0 Å². The molecule has 4 rings (SSSR count). The standard InChI is InChI=1S/C26H25F3N2O3S/c1-25(2,3)34-23(32)15-31-12-10-17-6-9-21(14-22(17)31)33-13-11-20-16-35-24(30-20)18-4-7-19(8-5-18)26(27,28)29/h4-10,12,14,16H,11,13,15H2,1-3H3. The molecule has 0 aliphatic rings. The van der Waals surface area contributed by atoms with Crippen LogP contribution in [0.2, 0.25) is 0 Å². The van der Waals surface area contributed by atoms with E-state index in [1.807, 2.05) is 61.2 Å². The molecule has 0 spiro atoms. The number of ether oxygens (including phenoxy) is 2. The van der Waals surface area contributed by atoms with Crippen LogP contribution in [-0.2, 0) is 28.7 Å². The molecule has 0 unspecified atom stereocenters. The SMILES string of the molecule is CC(C)(C)OC(=O)Cn1ccc2ccc(OCCc3csc(-c4ccc(C(F)(F)F)cc4)n3)cc21. The van der Waals surface area contributed by atoms with E-state index < -0.39 is 17.3 Å². The number of alkyl halides is 3. The Hall–Kier alpha value is -3.33. The summed E-state index contributed by atoms with van der Waals surface area (Å²) >= 11 is 1.38. The van der Waals surface area contributed by atoms with Crippen molar-refractivity contribution >= 4 is 28.2 Å². The molecule has 9 heteroatoms. The smallest absolute Gasteiger partial charge is 0.416 e. The number of rotatable bonds is 7. The number of carbonyl (C=O) groups is 1. The molecule has 0 saturated carbocycles. The molecule has 0 aliphatic heterocycles. The summed E-state index contributed by atoms with van der Waals surface area (Å²) in [5.74, 6) is 0.355. The molecule has 0 amide bonds. The van der Waals surface area contributed by atoms with E-state index in [9.17, 15) is 18.0 Å². The van der Waals surface area contributed by atoms with Crippen molar-refractivity contribution in [2.24, 2.45) is 0 Å². The number of benzene rings is 2. The second kappa shape index (κ2) is 9.73. The van der Waals surface area contributed by atoms with E-state index in [0.29, 0.717) is 29.3 Å². The molecule has 2 heterocycles. The van der Waals surface area contributed by atoms with E-state index in [4.69, 9.17) is 9.47 Å². The highest BCUT2D eigenvalue weighted by molar-refractivity contribution is 7.13. The van der Waals surface area contributed by atoms with Crippen molar-refractivity contribution in [2.75, 3.05) is 6.61 Å². The van der Waals surface area contributed by atoms with Gasteiger partial charge in [0.05, 0.1) is 23.4 Å². The third-order valence-electron chi connectivity index (χ3n) is 5.10. The molecule has 184 valence electrons. The predicted octanol–water partition coefficient (Wildman–Crippen LogP) is 6.75. The van der Waals surface area contributed by atoms with Crippen LogP contribution in [0.4, 0.5) is 13.2 Å². The summed E-state index contributed by atoms with van der Waals surface area (Å²) in [6.45, 7) is 5.99. The van der Waals surface area contributed by atoms with E-state index in [0.717, 1.165) is 28.7 Å². The van der Waals surface area contributed by atoms with Gasteiger partial charge in [0.25, 0.3) is 0 Å². The monoisotopic (exact) mass is 502 g/mol. The molecule has 0 radical (unpaired) electrons. The molecule has 0 bridgehead atoms. The Balaban J connectivity index is 1.36. The van der Waals surface area contributed by atoms with Crippen LogP contribution in [0.5, 0.6) is 5.75 Å². The summed E-state index contributed by atoms with van der Waals surface area (Å²) in [6, 6.07) is 12.6. The minimum atomic E-state index is -4.36. The van der Waals surface area contributed by atoms with Crippen molar-refractivity contribution in [1.29, 1.82) is 0 Å². The fourth-order valence-electron chi connectivity index (χ4n) is 3.53. The second-order valence-electron chi connectivity index (χ2n) is 9.07. The maximum absolute atomic E-state index is 12.8. The lowest BCUT2D eigenvalue weighted by Gasteiger charge is -2.19. The van der Waals surface area contributed by atoms with Crippen LogP contribution < -0.4 is 4.74 Å².